The van der Waals surface area contributed by atoms with Gasteiger partial charge in [0, 0.05) is 18.9 Å². The lowest BCUT2D eigenvalue weighted by Crippen LogP contribution is -2.17. The Morgan fingerprint density at radius 3 is 2.81 bits per heavy atom. The van der Waals surface area contributed by atoms with Crippen molar-refractivity contribution in [2.45, 2.75) is 52.0 Å². The number of rotatable bonds is 8. The van der Waals surface area contributed by atoms with Crippen LogP contribution in [-0.4, -0.2) is 20.7 Å². The number of nitrogens with one attached hydrogen (secondary N) is 1. The summed E-state index contributed by atoms with van der Waals surface area (Å²) in [5, 5.41) is 12.5. The fourth-order valence-corrected chi connectivity index (χ4v) is 3.92. The summed E-state index contributed by atoms with van der Waals surface area (Å²) < 4.78 is 6.74. The molecule has 0 radical (unpaired) electrons. The van der Waals surface area contributed by atoms with Gasteiger partial charge in [0.1, 0.15) is 5.01 Å². The second-order valence-corrected chi connectivity index (χ2v) is 7.11. The second-order valence-electron chi connectivity index (χ2n) is 6.10. The predicted molar refractivity (Wildman–Crippen MR) is 102 cm³/mol. The van der Waals surface area contributed by atoms with Crippen LogP contribution in [0, 0.1) is 0 Å². The van der Waals surface area contributed by atoms with Gasteiger partial charge in [0.25, 0.3) is 0 Å². The molecule has 2 heterocycles. The van der Waals surface area contributed by atoms with E-state index in [-0.39, 0.29) is 5.91 Å². The monoisotopic (exact) mass is 374 g/mol. The van der Waals surface area contributed by atoms with Crippen molar-refractivity contribution in [1.82, 2.24) is 14.8 Å². The number of anilines is 1. The molecule has 0 atom stereocenters. The molecule has 26 heavy (non-hydrogen) atoms. The maximum Gasteiger partial charge on any atom is 0.419 e. The summed E-state index contributed by atoms with van der Waals surface area (Å²) >= 11 is 1.43. The Balaban J connectivity index is 1.54. The van der Waals surface area contributed by atoms with E-state index in [4.69, 9.17) is 4.42 Å². The number of aryl methyl sites for hydroxylation is 1. The summed E-state index contributed by atoms with van der Waals surface area (Å²) in [5.41, 5.74) is 1.31. The molecule has 7 nitrogen and oxygen atoms in total. The maximum absolute atomic E-state index is 12.1. The zero-order chi connectivity index (χ0) is 18.5. The van der Waals surface area contributed by atoms with Crippen LogP contribution in [0.3, 0.4) is 0 Å². The Morgan fingerprint density at radius 1 is 1.27 bits per heavy atom. The first-order valence-electron chi connectivity index (χ1n) is 8.84. The van der Waals surface area contributed by atoms with Crippen molar-refractivity contribution in [3.63, 3.8) is 0 Å². The van der Waals surface area contributed by atoms with E-state index in [9.17, 15) is 9.59 Å². The lowest BCUT2D eigenvalue weighted by Gasteiger charge is -2.05. The van der Waals surface area contributed by atoms with E-state index in [1.807, 2.05) is 18.2 Å². The SMILES string of the molecule is CCC(CC)c1nnc(NC(=O)CCCn2c(=O)oc3ccccc32)s1. The molecule has 0 aliphatic carbocycles. The molecule has 1 N–H and O–H groups in total. The molecule has 1 aromatic carbocycles. The van der Waals surface area contributed by atoms with Gasteiger partial charge >= 0.3 is 5.76 Å². The van der Waals surface area contributed by atoms with Crippen LogP contribution in [-0.2, 0) is 11.3 Å². The van der Waals surface area contributed by atoms with Crippen LogP contribution in [0.15, 0.2) is 33.5 Å². The van der Waals surface area contributed by atoms with Gasteiger partial charge in [-0.3, -0.25) is 9.36 Å². The van der Waals surface area contributed by atoms with Crippen LogP contribution >= 0.6 is 11.3 Å². The highest BCUT2D eigenvalue weighted by molar-refractivity contribution is 7.15. The van der Waals surface area contributed by atoms with E-state index < -0.39 is 5.76 Å². The Hall–Kier alpha value is -2.48. The molecule has 0 bridgehead atoms. The van der Waals surface area contributed by atoms with Crippen LogP contribution in [0.25, 0.3) is 11.1 Å². The minimum absolute atomic E-state index is 0.127. The molecule has 0 aliphatic heterocycles. The molecule has 0 aliphatic rings. The van der Waals surface area contributed by atoms with E-state index in [0.717, 1.165) is 23.4 Å². The standard InChI is InChI=1S/C18H22N4O3S/c1-3-12(4-2)16-20-21-17(26-16)19-15(23)10-7-11-22-13-8-5-6-9-14(13)25-18(22)24/h5-6,8-9,12H,3-4,7,10-11H2,1-2H3,(H,19,21,23). The van der Waals surface area contributed by atoms with E-state index >= 15 is 0 Å². The topological polar surface area (TPSA) is 90.0 Å². The highest BCUT2D eigenvalue weighted by Crippen LogP contribution is 2.28. The van der Waals surface area contributed by atoms with Crippen LogP contribution in [0.1, 0.15) is 50.5 Å². The first-order valence-corrected chi connectivity index (χ1v) is 9.65. The molecule has 3 rings (SSSR count). The van der Waals surface area contributed by atoms with E-state index in [1.54, 1.807) is 10.6 Å². The van der Waals surface area contributed by atoms with Crippen molar-refractivity contribution in [3.05, 3.63) is 39.8 Å². The van der Waals surface area contributed by atoms with Gasteiger partial charge < -0.3 is 9.73 Å². The summed E-state index contributed by atoms with van der Waals surface area (Å²) in [6.07, 6.45) is 2.85. The Morgan fingerprint density at radius 2 is 2.04 bits per heavy atom. The smallest absolute Gasteiger partial charge is 0.408 e. The van der Waals surface area contributed by atoms with Crippen molar-refractivity contribution in [2.24, 2.45) is 0 Å². The van der Waals surface area contributed by atoms with Crippen molar-refractivity contribution in [3.8, 4) is 0 Å². The average Bonchev–Trinajstić information content (AvgIpc) is 3.21. The van der Waals surface area contributed by atoms with Gasteiger partial charge in [0.15, 0.2) is 5.58 Å². The van der Waals surface area contributed by atoms with E-state index in [0.29, 0.717) is 36.0 Å². The highest BCUT2D eigenvalue weighted by Gasteiger charge is 2.15. The zero-order valence-corrected chi connectivity index (χ0v) is 15.7. The highest BCUT2D eigenvalue weighted by atomic mass is 32.1. The number of nitrogens with zero attached hydrogens (tertiary/aromatic N) is 3. The van der Waals surface area contributed by atoms with E-state index in [1.165, 1.54) is 11.3 Å². The number of carbonyl (C=O) groups excluding carboxylic acids is 1. The molecule has 8 heteroatoms. The number of carbonyl (C=O) groups is 1. The van der Waals surface area contributed by atoms with Crippen molar-refractivity contribution >= 4 is 33.5 Å². The average molecular weight is 374 g/mol. The number of fused-ring (bicyclic) bond motifs is 1. The predicted octanol–water partition coefficient (Wildman–Crippen LogP) is 3.77. The van der Waals surface area contributed by atoms with Gasteiger partial charge in [-0.05, 0) is 31.4 Å². The molecule has 0 saturated heterocycles. The van der Waals surface area contributed by atoms with Gasteiger partial charge in [-0.15, -0.1) is 10.2 Å². The van der Waals surface area contributed by atoms with Crippen molar-refractivity contribution in [2.75, 3.05) is 5.32 Å². The third-order valence-electron chi connectivity index (χ3n) is 4.38. The fraction of sp³-hybridized carbons (Fsp3) is 0.444. The van der Waals surface area contributed by atoms with Crippen LogP contribution in [0.4, 0.5) is 5.13 Å². The number of hydrogen-bond donors (Lipinski definition) is 1. The van der Waals surface area contributed by atoms with Gasteiger partial charge in [-0.25, -0.2) is 4.79 Å². The Bertz CT molecular complexity index is 939. The van der Waals surface area contributed by atoms with Crippen LogP contribution in [0.2, 0.25) is 0 Å². The van der Waals surface area contributed by atoms with Gasteiger partial charge in [0.2, 0.25) is 11.0 Å². The van der Waals surface area contributed by atoms with E-state index in [2.05, 4.69) is 29.4 Å². The molecule has 138 valence electrons. The Labute approximate surface area is 155 Å². The lowest BCUT2D eigenvalue weighted by atomic mass is 10.1. The summed E-state index contributed by atoms with van der Waals surface area (Å²) in [4.78, 5) is 24.0. The first kappa shape index (κ1) is 18.3. The first-order chi connectivity index (χ1) is 12.6. The molecule has 2 aromatic heterocycles. The van der Waals surface area contributed by atoms with Crippen LogP contribution in [0.5, 0.6) is 0 Å². The molecule has 3 aromatic rings. The van der Waals surface area contributed by atoms with Gasteiger partial charge in [-0.2, -0.15) is 0 Å². The van der Waals surface area contributed by atoms with Crippen molar-refractivity contribution < 1.29 is 9.21 Å². The number of aromatic nitrogens is 3. The van der Waals surface area contributed by atoms with Crippen LogP contribution < -0.4 is 11.1 Å². The number of benzene rings is 1. The second kappa shape index (κ2) is 8.27. The summed E-state index contributed by atoms with van der Waals surface area (Å²) in [6.45, 7) is 4.67. The quantitative estimate of drug-likeness (QED) is 0.648. The summed E-state index contributed by atoms with van der Waals surface area (Å²) in [7, 11) is 0. The van der Waals surface area contributed by atoms with Gasteiger partial charge in [-0.1, -0.05) is 37.3 Å². The lowest BCUT2D eigenvalue weighted by molar-refractivity contribution is -0.116. The third kappa shape index (κ3) is 4.01. The maximum atomic E-state index is 12.1. The number of hydrogen-bond acceptors (Lipinski definition) is 6. The fourth-order valence-electron chi connectivity index (χ4n) is 2.89. The largest absolute Gasteiger partial charge is 0.419 e. The molecule has 1 amide bonds. The number of oxazole rings is 1. The summed E-state index contributed by atoms with van der Waals surface area (Å²) in [5.74, 6) is -0.136. The third-order valence-corrected chi connectivity index (χ3v) is 5.38. The summed E-state index contributed by atoms with van der Waals surface area (Å²) in [6, 6.07) is 7.27. The minimum Gasteiger partial charge on any atom is -0.408 e. The molecule has 0 saturated carbocycles. The number of amides is 1. The molecular weight excluding hydrogens is 352 g/mol. The van der Waals surface area contributed by atoms with Crippen molar-refractivity contribution in [1.29, 1.82) is 0 Å². The molecule has 0 unspecified atom stereocenters. The number of para-hydroxylation sites is 2. The molecular formula is C18H22N4O3S. The zero-order valence-electron chi connectivity index (χ0n) is 14.9. The molecule has 0 fully saturated rings. The molecule has 0 spiro atoms. The Kier molecular flexibility index (Phi) is 5.82. The van der Waals surface area contributed by atoms with Gasteiger partial charge in [0.05, 0.1) is 5.52 Å². The minimum atomic E-state index is -0.398. The normalized spacial score (nSPS) is 11.3.